The molecule has 2 unspecified atom stereocenters. The molecule has 12 heteroatoms. The summed E-state index contributed by atoms with van der Waals surface area (Å²) in [5, 5.41) is 8.74. The maximum Gasteiger partial charge on any atom is 0.408 e. The Kier molecular flexibility index (Phi) is 14.7. The topological polar surface area (TPSA) is 124 Å². The fraction of sp³-hybridized carbons (Fsp3) is 0.425. The minimum absolute atomic E-state index is 0.176. The minimum atomic E-state index is -1.60. The second kappa shape index (κ2) is 18.9. The van der Waals surface area contributed by atoms with Crippen molar-refractivity contribution in [2.45, 2.75) is 90.1 Å². The Morgan fingerprint density at radius 2 is 1.67 bits per heavy atom. The molecule has 3 atom stereocenters. The molecule has 0 bridgehead atoms. The van der Waals surface area contributed by atoms with Gasteiger partial charge < -0.3 is 34.9 Å². The van der Waals surface area contributed by atoms with E-state index in [9.17, 15) is 14.4 Å². The van der Waals surface area contributed by atoms with Crippen molar-refractivity contribution >= 4 is 43.3 Å². The van der Waals surface area contributed by atoms with Crippen LogP contribution in [0, 0.1) is 11.5 Å². The summed E-state index contributed by atoms with van der Waals surface area (Å²) in [6, 6.07) is 19.1. The van der Waals surface area contributed by atoms with Gasteiger partial charge in [0.15, 0.2) is 6.29 Å². The molecule has 0 radical (unpaired) electrons. The average molecular weight is 748 g/mol. The fourth-order valence-electron chi connectivity index (χ4n) is 5.15. The number of carbonyl (C=O) groups excluding carboxylic acids is 3. The van der Waals surface area contributed by atoms with E-state index in [1.165, 1.54) is 0 Å². The van der Waals surface area contributed by atoms with Gasteiger partial charge >= 0.3 is 6.09 Å². The number of halogens is 1. The van der Waals surface area contributed by atoms with Gasteiger partial charge in [-0.25, -0.2) is 4.79 Å². The van der Waals surface area contributed by atoms with Gasteiger partial charge in [-0.1, -0.05) is 79.6 Å². The molecule has 3 N–H and O–H groups in total. The molecule has 1 fully saturated rings. The van der Waals surface area contributed by atoms with Gasteiger partial charge in [-0.15, -0.1) is 5.54 Å². The number of amides is 3. The first-order chi connectivity index (χ1) is 24.6. The van der Waals surface area contributed by atoms with E-state index in [1.807, 2.05) is 30.3 Å². The van der Waals surface area contributed by atoms with E-state index in [4.69, 9.17) is 30.5 Å². The molecular formula is C40H50ClN3O7Si. The molecule has 1 saturated heterocycles. The van der Waals surface area contributed by atoms with Crippen LogP contribution in [0.2, 0.25) is 24.7 Å². The quantitative estimate of drug-likeness (QED) is 0.0945. The Hall–Kier alpha value is -4.34. The number of rotatable bonds is 13. The lowest BCUT2D eigenvalue weighted by atomic mass is 10.0. The Bertz CT molecular complexity index is 1710. The Balaban J connectivity index is 1.51. The number of benzene rings is 3. The molecule has 1 aliphatic rings. The summed E-state index contributed by atoms with van der Waals surface area (Å²) in [6.07, 6.45) is 2.17. The zero-order valence-corrected chi connectivity index (χ0v) is 32.6. The Labute approximate surface area is 313 Å². The highest BCUT2D eigenvalue weighted by atomic mass is 35.5. The van der Waals surface area contributed by atoms with Crippen LogP contribution in [0.15, 0.2) is 72.8 Å². The summed E-state index contributed by atoms with van der Waals surface area (Å²) in [5.74, 6) is 2.63. The van der Waals surface area contributed by atoms with Crippen LogP contribution in [-0.2, 0) is 30.2 Å². The molecule has 0 aromatic heterocycles. The second-order valence-corrected chi connectivity index (χ2v) is 19.8. The van der Waals surface area contributed by atoms with Gasteiger partial charge in [0.2, 0.25) is 11.8 Å². The van der Waals surface area contributed by atoms with Crippen molar-refractivity contribution < 1.29 is 33.3 Å². The van der Waals surface area contributed by atoms with E-state index in [0.717, 1.165) is 30.4 Å². The van der Waals surface area contributed by atoms with Crippen LogP contribution in [0.5, 0.6) is 5.75 Å². The van der Waals surface area contributed by atoms with E-state index >= 15 is 0 Å². The Morgan fingerprint density at radius 3 is 2.31 bits per heavy atom. The SMILES string of the molecule is CC(C)(C)OC(=O)NC(C(=O)N[C@@H](Cc1ccccc1)C(=O)Nc1ccc(C#C[Si](C)(C)C)cc1Cl)c1ccc(OCCOC2CCCCO2)cc1. The lowest BCUT2D eigenvalue weighted by Crippen LogP contribution is -2.50. The van der Waals surface area contributed by atoms with Gasteiger partial charge in [0.1, 0.15) is 38.1 Å². The fourth-order valence-corrected chi connectivity index (χ4v) is 5.90. The number of anilines is 1. The van der Waals surface area contributed by atoms with E-state index in [-0.39, 0.29) is 12.7 Å². The average Bonchev–Trinajstić information content (AvgIpc) is 3.09. The van der Waals surface area contributed by atoms with Crippen molar-refractivity contribution in [1.29, 1.82) is 0 Å². The molecule has 4 rings (SSSR count). The van der Waals surface area contributed by atoms with Crippen molar-refractivity contribution in [3.63, 3.8) is 0 Å². The van der Waals surface area contributed by atoms with E-state index < -0.39 is 43.7 Å². The van der Waals surface area contributed by atoms with Crippen LogP contribution >= 0.6 is 11.6 Å². The summed E-state index contributed by atoms with van der Waals surface area (Å²) in [6.45, 7) is 13.0. The molecule has 10 nitrogen and oxygen atoms in total. The summed E-state index contributed by atoms with van der Waals surface area (Å²) in [5.41, 5.74) is 4.91. The highest BCUT2D eigenvalue weighted by molar-refractivity contribution is 6.83. The summed E-state index contributed by atoms with van der Waals surface area (Å²) < 4.78 is 22.7. The number of hydrogen-bond acceptors (Lipinski definition) is 7. The Morgan fingerprint density at radius 1 is 0.942 bits per heavy atom. The summed E-state index contributed by atoms with van der Waals surface area (Å²) in [4.78, 5) is 40.9. The zero-order chi connectivity index (χ0) is 37.7. The maximum absolute atomic E-state index is 14.1. The van der Waals surface area contributed by atoms with Crippen LogP contribution in [-0.4, -0.2) is 63.7 Å². The molecule has 0 spiro atoms. The minimum Gasteiger partial charge on any atom is -0.491 e. The number of ether oxygens (including phenoxy) is 4. The highest BCUT2D eigenvalue weighted by Gasteiger charge is 2.30. The third kappa shape index (κ3) is 14.0. The number of nitrogens with one attached hydrogen (secondary N) is 3. The first-order valence-corrected chi connectivity index (χ1v) is 21.5. The van der Waals surface area contributed by atoms with Crippen molar-refractivity contribution in [1.82, 2.24) is 10.6 Å². The maximum atomic E-state index is 14.1. The highest BCUT2D eigenvalue weighted by Crippen LogP contribution is 2.24. The lowest BCUT2D eigenvalue weighted by Gasteiger charge is -2.26. The third-order valence-electron chi connectivity index (χ3n) is 7.65. The summed E-state index contributed by atoms with van der Waals surface area (Å²) >= 11 is 6.58. The van der Waals surface area contributed by atoms with Crippen molar-refractivity contribution in [3.8, 4) is 17.2 Å². The van der Waals surface area contributed by atoms with Crippen molar-refractivity contribution in [2.75, 3.05) is 25.1 Å². The molecule has 0 saturated carbocycles. The molecule has 3 aromatic carbocycles. The molecule has 3 aromatic rings. The van der Waals surface area contributed by atoms with Crippen LogP contribution in [0.4, 0.5) is 10.5 Å². The van der Waals surface area contributed by atoms with Gasteiger partial charge in [-0.2, -0.15) is 0 Å². The number of hydrogen-bond donors (Lipinski definition) is 3. The van der Waals surface area contributed by atoms with Gasteiger partial charge in [-0.3, -0.25) is 9.59 Å². The monoisotopic (exact) mass is 747 g/mol. The normalized spacial score (nSPS) is 15.6. The predicted octanol–water partition coefficient (Wildman–Crippen LogP) is 7.42. The lowest BCUT2D eigenvalue weighted by molar-refractivity contribution is -0.165. The molecule has 52 heavy (non-hydrogen) atoms. The zero-order valence-electron chi connectivity index (χ0n) is 30.8. The number of alkyl carbamates (subject to hydrolysis) is 1. The number of carbonyl (C=O) groups is 3. The molecule has 278 valence electrons. The van der Waals surface area contributed by atoms with Gasteiger partial charge in [0.25, 0.3) is 0 Å². The van der Waals surface area contributed by atoms with E-state index in [0.29, 0.717) is 41.8 Å². The van der Waals surface area contributed by atoms with Gasteiger partial charge in [0.05, 0.1) is 17.3 Å². The van der Waals surface area contributed by atoms with Crippen molar-refractivity contribution in [3.05, 3.63) is 94.5 Å². The molecule has 1 heterocycles. The molecule has 0 aliphatic carbocycles. The second-order valence-electron chi connectivity index (χ2n) is 14.6. The van der Waals surface area contributed by atoms with E-state index in [2.05, 4.69) is 47.1 Å². The third-order valence-corrected chi connectivity index (χ3v) is 8.84. The molecule has 1 aliphatic heterocycles. The smallest absolute Gasteiger partial charge is 0.408 e. The molecule has 3 amide bonds. The van der Waals surface area contributed by atoms with E-state index in [1.54, 1.807) is 63.2 Å². The van der Waals surface area contributed by atoms with Crippen LogP contribution < -0.4 is 20.7 Å². The summed E-state index contributed by atoms with van der Waals surface area (Å²) in [7, 11) is -1.60. The van der Waals surface area contributed by atoms with Crippen molar-refractivity contribution in [2.24, 2.45) is 0 Å². The largest absolute Gasteiger partial charge is 0.491 e. The van der Waals surface area contributed by atoms with Crippen LogP contribution in [0.1, 0.15) is 62.8 Å². The first kappa shape index (κ1) is 40.4. The first-order valence-electron chi connectivity index (χ1n) is 17.6. The molecular weight excluding hydrogens is 698 g/mol. The van der Waals surface area contributed by atoms with Gasteiger partial charge in [-0.05, 0) is 81.5 Å². The standard InChI is InChI=1S/C40H50ClN3O7Si/c1-40(2,3)51-39(47)44-36(30-16-18-31(19-17-30)48-23-24-50-35-14-10-11-22-49-35)38(46)43-34(27-28-12-8-7-9-13-28)37(45)42-33-20-15-29(26-32(33)41)21-25-52(4,5)6/h7-9,12-13,15-20,26,34-36H,10-11,14,22-24,27H2,1-6H3,(H,42,45)(H,43,46)(H,44,47)/t34-,35?,36?/m0/s1. The predicted molar refractivity (Wildman–Crippen MR) is 206 cm³/mol. The van der Waals surface area contributed by atoms with Crippen LogP contribution in [0.25, 0.3) is 0 Å². The van der Waals surface area contributed by atoms with Crippen LogP contribution in [0.3, 0.4) is 0 Å². The van der Waals surface area contributed by atoms with Gasteiger partial charge in [0, 0.05) is 18.6 Å².